The van der Waals surface area contributed by atoms with Crippen LogP contribution in [0.4, 0.5) is 0 Å². The molecule has 0 unspecified atom stereocenters. The third-order valence-electron chi connectivity index (χ3n) is 2.37. The van der Waals surface area contributed by atoms with Crippen molar-refractivity contribution < 1.29 is 18.0 Å². The Labute approximate surface area is 113 Å². The molecule has 3 N–H and O–H groups in total. The largest absolute Gasteiger partial charge is 0.366 e. The van der Waals surface area contributed by atoms with E-state index in [2.05, 4.69) is 0 Å². The third-order valence-corrected chi connectivity index (χ3v) is 3.58. The van der Waals surface area contributed by atoms with Crippen LogP contribution in [0.25, 0.3) is 0 Å². The minimum atomic E-state index is -3.81. The zero-order chi connectivity index (χ0) is 14.6. The first-order valence-electron chi connectivity index (χ1n) is 5.78. The summed E-state index contributed by atoms with van der Waals surface area (Å²) in [6.07, 6.45) is 0. The van der Waals surface area contributed by atoms with E-state index in [1.807, 2.05) is 18.7 Å². The van der Waals surface area contributed by atoms with E-state index in [-0.39, 0.29) is 23.0 Å². The number of nitrogens with one attached hydrogen (secondary N) is 1. The fourth-order valence-electron chi connectivity index (χ4n) is 1.36. The Hall–Kier alpha value is -1.44. The molecule has 6 nitrogen and oxygen atoms in total. The van der Waals surface area contributed by atoms with E-state index in [1.165, 1.54) is 18.2 Å². The molecule has 0 radical (unpaired) electrons. The highest BCUT2D eigenvalue weighted by atomic mass is 32.2. The molecule has 0 aliphatic rings. The Balaban J connectivity index is 2.96. The number of hydrogen-bond donors (Lipinski definition) is 2. The number of carbonyl (C=O) groups is 1. The van der Waals surface area contributed by atoms with E-state index in [4.69, 9.17) is 10.6 Å². The first kappa shape index (κ1) is 15.6. The van der Waals surface area contributed by atoms with Crippen molar-refractivity contribution in [3.8, 4) is 0 Å². The zero-order valence-electron chi connectivity index (χ0n) is 11.1. The topological polar surface area (TPSA) is 98.5 Å². The number of carbonyl (C=O) groups excluding carboxylic acids is 1. The highest BCUT2D eigenvalue weighted by Gasteiger charge is 2.17. The number of nitrogens with two attached hydrogens (primary N) is 1. The summed E-state index contributed by atoms with van der Waals surface area (Å²) in [5, 5.41) is 0. The van der Waals surface area contributed by atoms with Gasteiger partial charge in [0, 0.05) is 5.56 Å². The quantitative estimate of drug-likeness (QED) is 0.761. The lowest BCUT2D eigenvalue weighted by molar-refractivity contribution is 0.0718. The normalized spacial score (nSPS) is 11.8. The van der Waals surface area contributed by atoms with Gasteiger partial charge in [0.1, 0.15) is 0 Å². The molecule has 0 heterocycles. The average Bonchev–Trinajstić information content (AvgIpc) is 2.27. The van der Waals surface area contributed by atoms with Crippen LogP contribution in [0.5, 0.6) is 0 Å². The molecule has 1 aromatic rings. The first-order valence-corrected chi connectivity index (χ1v) is 7.26. The molecule has 0 aliphatic heterocycles. The van der Waals surface area contributed by atoms with Crippen LogP contribution in [0, 0.1) is 12.8 Å². The highest BCUT2D eigenvalue weighted by molar-refractivity contribution is 7.89. The highest BCUT2D eigenvalue weighted by Crippen LogP contribution is 2.15. The molecule has 0 atom stereocenters. The van der Waals surface area contributed by atoms with Crippen molar-refractivity contribution in [3.05, 3.63) is 29.3 Å². The molecule has 0 bridgehead atoms. The molecular formula is C12H18N2O4S. The van der Waals surface area contributed by atoms with Crippen LogP contribution in [0.1, 0.15) is 29.8 Å². The molecule has 7 heteroatoms. The van der Waals surface area contributed by atoms with Gasteiger partial charge in [-0.05, 0) is 30.5 Å². The summed E-state index contributed by atoms with van der Waals surface area (Å²) in [4.78, 5) is 18.0. The summed E-state index contributed by atoms with van der Waals surface area (Å²) in [7, 11) is -3.81. The van der Waals surface area contributed by atoms with Crippen molar-refractivity contribution in [2.45, 2.75) is 25.7 Å². The molecule has 0 aromatic heterocycles. The van der Waals surface area contributed by atoms with Crippen molar-refractivity contribution in [1.29, 1.82) is 0 Å². The summed E-state index contributed by atoms with van der Waals surface area (Å²) >= 11 is 0. The van der Waals surface area contributed by atoms with E-state index in [1.54, 1.807) is 6.92 Å². The Bertz CT molecular complexity index is 567. The maximum absolute atomic E-state index is 11.9. The fraction of sp³-hybridized carbons (Fsp3) is 0.417. The molecular weight excluding hydrogens is 268 g/mol. The van der Waals surface area contributed by atoms with Crippen LogP contribution in [0.3, 0.4) is 0 Å². The van der Waals surface area contributed by atoms with Gasteiger partial charge < -0.3 is 5.73 Å². The van der Waals surface area contributed by atoms with Crippen LogP contribution in [-0.2, 0) is 14.9 Å². The maximum atomic E-state index is 11.9. The summed E-state index contributed by atoms with van der Waals surface area (Å²) in [5.41, 5.74) is 5.97. The Morgan fingerprint density at radius 1 is 1.42 bits per heavy atom. The second-order valence-electron chi connectivity index (χ2n) is 4.63. The standard InChI is InChI=1S/C12H18N2O4S/c1-8(2)7-18-14-19(16,17)10-5-4-9(3)11(6-10)12(13)15/h4-6,8,14H,7H2,1-3H3,(H2,13,15). The van der Waals surface area contributed by atoms with Gasteiger partial charge in [-0.2, -0.15) is 0 Å². The first-order chi connectivity index (χ1) is 8.74. The zero-order valence-corrected chi connectivity index (χ0v) is 12.0. The molecule has 0 saturated heterocycles. The van der Waals surface area contributed by atoms with E-state index in [0.29, 0.717) is 5.56 Å². The molecule has 1 amide bonds. The Morgan fingerprint density at radius 3 is 2.58 bits per heavy atom. The minimum Gasteiger partial charge on any atom is -0.366 e. The number of benzene rings is 1. The number of aryl methyl sites for hydroxylation is 1. The van der Waals surface area contributed by atoms with Gasteiger partial charge in [-0.25, -0.2) is 8.42 Å². The van der Waals surface area contributed by atoms with Gasteiger partial charge in [-0.15, -0.1) is 0 Å². The minimum absolute atomic E-state index is 0.0596. The molecule has 1 rings (SSSR count). The lowest BCUT2D eigenvalue weighted by Gasteiger charge is -2.10. The smallest absolute Gasteiger partial charge is 0.262 e. The van der Waals surface area contributed by atoms with Crippen molar-refractivity contribution in [1.82, 2.24) is 4.89 Å². The number of rotatable bonds is 6. The summed E-state index contributed by atoms with van der Waals surface area (Å²) in [5.74, 6) is -0.473. The molecule has 0 saturated carbocycles. The Kier molecular flexibility index (Phi) is 5.04. The van der Waals surface area contributed by atoms with Crippen LogP contribution >= 0.6 is 0 Å². The van der Waals surface area contributed by atoms with Gasteiger partial charge in [0.25, 0.3) is 10.0 Å². The SMILES string of the molecule is Cc1ccc(S(=O)(=O)NOCC(C)C)cc1C(N)=O. The second-order valence-corrected chi connectivity index (χ2v) is 6.28. The van der Waals surface area contributed by atoms with E-state index in [9.17, 15) is 13.2 Å². The molecule has 0 aliphatic carbocycles. The Morgan fingerprint density at radius 2 is 2.05 bits per heavy atom. The van der Waals surface area contributed by atoms with Gasteiger partial charge >= 0.3 is 0 Å². The molecule has 1 aromatic carbocycles. The number of primary amides is 1. The fourth-order valence-corrected chi connectivity index (χ4v) is 2.20. The molecule has 106 valence electrons. The predicted octanol–water partition coefficient (Wildman–Crippen LogP) is 0.960. The van der Waals surface area contributed by atoms with Gasteiger partial charge in [0.2, 0.25) is 5.91 Å². The predicted molar refractivity (Wildman–Crippen MR) is 70.8 cm³/mol. The number of amides is 1. The van der Waals surface area contributed by atoms with Crippen molar-refractivity contribution in [2.24, 2.45) is 11.7 Å². The van der Waals surface area contributed by atoms with Crippen LogP contribution in [0.15, 0.2) is 23.1 Å². The van der Waals surface area contributed by atoms with E-state index < -0.39 is 15.9 Å². The average molecular weight is 286 g/mol. The van der Waals surface area contributed by atoms with Gasteiger partial charge in [-0.3, -0.25) is 9.63 Å². The van der Waals surface area contributed by atoms with Gasteiger partial charge in [0.15, 0.2) is 0 Å². The van der Waals surface area contributed by atoms with Gasteiger partial charge in [-0.1, -0.05) is 24.8 Å². The monoisotopic (exact) mass is 286 g/mol. The number of sulfonamides is 1. The molecule has 0 fully saturated rings. The van der Waals surface area contributed by atoms with E-state index in [0.717, 1.165) is 0 Å². The van der Waals surface area contributed by atoms with Crippen LogP contribution < -0.4 is 10.6 Å². The van der Waals surface area contributed by atoms with Crippen molar-refractivity contribution in [3.63, 3.8) is 0 Å². The summed E-state index contributed by atoms with van der Waals surface area (Å²) in [6.45, 7) is 5.73. The second kappa shape index (κ2) is 6.14. The lowest BCUT2D eigenvalue weighted by atomic mass is 10.1. The lowest BCUT2D eigenvalue weighted by Crippen LogP contribution is -2.26. The van der Waals surface area contributed by atoms with Crippen molar-refractivity contribution in [2.75, 3.05) is 6.61 Å². The van der Waals surface area contributed by atoms with Crippen molar-refractivity contribution >= 4 is 15.9 Å². The number of hydrogen-bond acceptors (Lipinski definition) is 4. The van der Waals surface area contributed by atoms with Crippen LogP contribution in [-0.4, -0.2) is 20.9 Å². The summed E-state index contributed by atoms with van der Waals surface area (Å²) in [6, 6.07) is 4.15. The van der Waals surface area contributed by atoms with Gasteiger partial charge in [0.05, 0.1) is 11.5 Å². The molecule has 19 heavy (non-hydrogen) atoms. The molecule has 0 spiro atoms. The maximum Gasteiger partial charge on any atom is 0.262 e. The van der Waals surface area contributed by atoms with Crippen LogP contribution in [0.2, 0.25) is 0 Å². The van der Waals surface area contributed by atoms with E-state index >= 15 is 0 Å². The third kappa shape index (κ3) is 4.30. The summed E-state index contributed by atoms with van der Waals surface area (Å²) < 4.78 is 23.8.